The molecule has 17 heavy (non-hydrogen) atoms. The van der Waals surface area contributed by atoms with Gasteiger partial charge < -0.3 is 10.5 Å². The largest absolute Gasteiger partial charge is 0.350 e. The first-order valence-corrected chi connectivity index (χ1v) is 6.68. The van der Waals surface area contributed by atoms with E-state index in [1.54, 1.807) is 12.1 Å². The molecule has 0 aromatic heterocycles. The standard InChI is InChI=1S/C11H17NO4S/c1-9-3-5-11(6-4-9)17(13,14)16-10(2)15-8-7-12/h3-6,10H,7-8,12H2,1-2H3. The van der Waals surface area contributed by atoms with Gasteiger partial charge in [0.2, 0.25) is 0 Å². The summed E-state index contributed by atoms with van der Waals surface area (Å²) in [6.45, 7) is 3.97. The van der Waals surface area contributed by atoms with Gasteiger partial charge in [-0.15, -0.1) is 0 Å². The third kappa shape index (κ3) is 4.43. The highest BCUT2D eigenvalue weighted by molar-refractivity contribution is 7.86. The second-order valence-corrected chi connectivity index (χ2v) is 5.16. The van der Waals surface area contributed by atoms with Gasteiger partial charge in [0.15, 0.2) is 6.29 Å². The minimum Gasteiger partial charge on any atom is -0.350 e. The first-order valence-electron chi connectivity index (χ1n) is 5.27. The topological polar surface area (TPSA) is 78.6 Å². The highest BCUT2D eigenvalue weighted by Gasteiger charge is 2.18. The molecule has 0 aliphatic rings. The SMILES string of the molecule is Cc1ccc(S(=O)(=O)OC(C)OCCN)cc1. The molecule has 0 aliphatic carbocycles. The van der Waals surface area contributed by atoms with Crippen LogP contribution in [0.25, 0.3) is 0 Å². The molecule has 0 fully saturated rings. The average Bonchev–Trinajstić information content (AvgIpc) is 2.26. The number of hydrogen-bond donors (Lipinski definition) is 1. The maximum atomic E-state index is 11.8. The van der Waals surface area contributed by atoms with E-state index < -0.39 is 16.4 Å². The fraction of sp³-hybridized carbons (Fsp3) is 0.455. The van der Waals surface area contributed by atoms with Gasteiger partial charge in [0, 0.05) is 6.54 Å². The Hall–Kier alpha value is -0.950. The van der Waals surface area contributed by atoms with E-state index in [4.69, 9.17) is 14.7 Å². The van der Waals surface area contributed by atoms with Crippen LogP contribution >= 0.6 is 0 Å². The van der Waals surface area contributed by atoms with E-state index in [1.807, 2.05) is 6.92 Å². The molecule has 2 N–H and O–H groups in total. The van der Waals surface area contributed by atoms with Crippen molar-refractivity contribution in [2.24, 2.45) is 5.73 Å². The lowest BCUT2D eigenvalue weighted by atomic mass is 10.2. The summed E-state index contributed by atoms with van der Waals surface area (Å²) in [6, 6.07) is 6.42. The van der Waals surface area contributed by atoms with E-state index in [9.17, 15) is 8.42 Å². The number of rotatable bonds is 6. The molecule has 1 aromatic carbocycles. The second kappa shape index (κ2) is 6.11. The summed E-state index contributed by atoms with van der Waals surface area (Å²) >= 11 is 0. The Bertz CT molecular complexity index is 441. The van der Waals surface area contributed by atoms with Crippen LogP contribution in [0.2, 0.25) is 0 Å². The van der Waals surface area contributed by atoms with Gasteiger partial charge in [0.05, 0.1) is 11.5 Å². The van der Waals surface area contributed by atoms with Crippen molar-refractivity contribution in [1.82, 2.24) is 0 Å². The predicted octanol–water partition coefficient (Wildman–Crippen LogP) is 1.02. The van der Waals surface area contributed by atoms with E-state index in [0.717, 1.165) is 5.56 Å². The van der Waals surface area contributed by atoms with Crippen LogP contribution in [0.1, 0.15) is 12.5 Å². The van der Waals surface area contributed by atoms with E-state index in [1.165, 1.54) is 19.1 Å². The van der Waals surface area contributed by atoms with Gasteiger partial charge in [0.1, 0.15) is 0 Å². The Morgan fingerprint density at radius 1 is 1.29 bits per heavy atom. The number of ether oxygens (including phenoxy) is 1. The summed E-state index contributed by atoms with van der Waals surface area (Å²) in [5, 5.41) is 0. The van der Waals surface area contributed by atoms with E-state index >= 15 is 0 Å². The fourth-order valence-corrected chi connectivity index (χ4v) is 2.19. The molecule has 5 nitrogen and oxygen atoms in total. The Kier molecular flexibility index (Phi) is 5.07. The highest BCUT2D eigenvalue weighted by Crippen LogP contribution is 2.15. The van der Waals surface area contributed by atoms with Crippen molar-refractivity contribution >= 4 is 10.1 Å². The van der Waals surface area contributed by atoms with Gasteiger partial charge in [-0.05, 0) is 26.0 Å². The van der Waals surface area contributed by atoms with Gasteiger partial charge in [-0.2, -0.15) is 8.42 Å². The summed E-state index contributed by atoms with van der Waals surface area (Å²) < 4.78 is 33.5. The monoisotopic (exact) mass is 259 g/mol. The Balaban J connectivity index is 2.71. The lowest BCUT2D eigenvalue weighted by Gasteiger charge is -2.13. The molecule has 0 bridgehead atoms. The van der Waals surface area contributed by atoms with Crippen molar-refractivity contribution in [2.45, 2.75) is 25.0 Å². The number of hydrogen-bond acceptors (Lipinski definition) is 5. The number of nitrogens with two attached hydrogens (primary N) is 1. The average molecular weight is 259 g/mol. The molecule has 6 heteroatoms. The van der Waals surface area contributed by atoms with Crippen LogP contribution in [-0.4, -0.2) is 27.9 Å². The molecule has 0 amide bonds. The zero-order valence-electron chi connectivity index (χ0n) is 9.92. The maximum Gasteiger partial charge on any atom is 0.299 e. The molecule has 1 atom stereocenters. The van der Waals surface area contributed by atoms with Crippen LogP contribution in [-0.2, 0) is 19.0 Å². The van der Waals surface area contributed by atoms with Crippen molar-refractivity contribution in [2.75, 3.05) is 13.2 Å². The van der Waals surface area contributed by atoms with Crippen LogP contribution in [0.15, 0.2) is 29.2 Å². The molecule has 0 spiro atoms. The summed E-state index contributed by atoms with van der Waals surface area (Å²) in [6.07, 6.45) is -0.843. The van der Waals surface area contributed by atoms with Crippen LogP contribution in [0, 0.1) is 6.92 Å². The molecule has 0 saturated heterocycles. The van der Waals surface area contributed by atoms with Gasteiger partial charge >= 0.3 is 0 Å². The zero-order valence-corrected chi connectivity index (χ0v) is 10.7. The third-order valence-electron chi connectivity index (χ3n) is 2.04. The molecule has 1 unspecified atom stereocenters. The van der Waals surface area contributed by atoms with Crippen molar-refractivity contribution < 1.29 is 17.3 Å². The van der Waals surface area contributed by atoms with Crippen LogP contribution in [0.5, 0.6) is 0 Å². The second-order valence-electron chi connectivity index (χ2n) is 3.59. The van der Waals surface area contributed by atoms with E-state index in [0.29, 0.717) is 6.54 Å². The molecule has 0 saturated carbocycles. The van der Waals surface area contributed by atoms with Crippen LogP contribution in [0.4, 0.5) is 0 Å². The lowest BCUT2D eigenvalue weighted by molar-refractivity contribution is -0.0593. The molecule has 1 rings (SSSR count). The lowest BCUT2D eigenvalue weighted by Crippen LogP contribution is -2.21. The van der Waals surface area contributed by atoms with Crippen molar-refractivity contribution in [1.29, 1.82) is 0 Å². The first-order chi connectivity index (χ1) is 7.95. The summed E-state index contributed by atoms with van der Waals surface area (Å²) in [5.41, 5.74) is 6.22. The van der Waals surface area contributed by atoms with Crippen molar-refractivity contribution in [3.05, 3.63) is 29.8 Å². The molecule has 0 aliphatic heterocycles. The minimum absolute atomic E-state index is 0.117. The maximum absolute atomic E-state index is 11.8. The van der Waals surface area contributed by atoms with Crippen molar-refractivity contribution in [3.8, 4) is 0 Å². The molecule has 96 valence electrons. The smallest absolute Gasteiger partial charge is 0.299 e. The predicted molar refractivity (Wildman–Crippen MR) is 63.9 cm³/mol. The number of benzene rings is 1. The molecule has 0 heterocycles. The summed E-state index contributed by atoms with van der Waals surface area (Å²) in [5.74, 6) is 0. The van der Waals surface area contributed by atoms with Gasteiger partial charge in [-0.25, -0.2) is 4.18 Å². The van der Waals surface area contributed by atoms with Gasteiger partial charge in [0.25, 0.3) is 10.1 Å². The van der Waals surface area contributed by atoms with Crippen molar-refractivity contribution in [3.63, 3.8) is 0 Å². The third-order valence-corrected chi connectivity index (χ3v) is 3.42. The molecular weight excluding hydrogens is 242 g/mol. The Labute approximate surface area is 102 Å². The summed E-state index contributed by atoms with van der Waals surface area (Å²) in [7, 11) is -3.77. The Morgan fingerprint density at radius 3 is 2.41 bits per heavy atom. The van der Waals surface area contributed by atoms with Gasteiger partial charge in [-0.1, -0.05) is 17.7 Å². The van der Waals surface area contributed by atoms with Crippen LogP contribution in [0.3, 0.4) is 0 Å². The molecule has 1 aromatic rings. The van der Waals surface area contributed by atoms with Gasteiger partial charge in [-0.3, -0.25) is 0 Å². The summed E-state index contributed by atoms with van der Waals surface area (Å²) in [4.78, 5) is 0.117. The normalized spacial score (nSPS) is 13.6. The Morgan fingerprint density at radius 2 is 1.88 bits per heavy atom. The molecule has 0 radical (unpaired) electrons. The van der Waals surface area contributed by atoms with Crippen LogP contribution < -0.4 is 5.73 Å². The minimum atomic E-state index is -3.77. The highest BCUT2D eigenvalue weighted by atomic mass is 32.2. The zero-order chi connectivity index (χ0) is 12.9. The van der Waals surface area contributed by atoms with E-state index in [-0.39, 0.29) is 11.5 Å². The molecular formula is C11H17NO4S. The fourth-order valence-electron chi connectivity index (χ4n) is 1.20. The van der Waals surface area contributed by atoms with E-state index in [2.05, 4.69) is 0 Å². The number of aryl methyl sites for hydroxylation is 1. The first kappa shape index (κ1) is 14.1. The quantitative estimate of drug-likeness (QED) is 0.609.